The number of rotatable bonds is 6. The van der Waals surface area contributed by atoms with Gasteiger partial charge in [-0.3, -0.25) is 0 Å². The molecule has 0 radical (unpaired) electrons. The van der Waals surface area contributed by atoms with Crippen LogP contribution in [0.2, 0.25) is 5.02 Å². The number of nitrogens with one attached hydrogen (secondary N) is 1. The van der Waals surface area contributed by atoms with Gasteiger partial charge in [0, 0.05) is 23.7 Å². The number of halogens is 1. The molecule has 2 unspecified atom stereocenters. The van der Waals surface area contributed by atoms with Crippen molar-refractivity contribution in [2.45, 2.75) is 58.0 Å². The second-order valence-corrected chi connectivity index (χ2v) is 6.62. The highest BCUT2D eigenvalue weighted by Gasteiger charge is 2.19. The first-order valence-corrected chi connectivity index (χ1v) is 8.81. The smallest absolute Gasteiger partial charge is 0.0409 e. The fraction of sp³-hybridized carbons (Fsp3) is 0.667. The predicted molar refractivity (Wildman–Crippen MR) is 92.0 cm³/mol. The Hall–Kier alpha value is -0.570. The SMILES string of the molecule is CCNC(CCN1CCCCCC1C)c1cccc(Cl)c1. The van der Waals surface area contributed by atoms with Gasteiger partial charge in [-0.25, -0.2) is 0 Å². The van der Waals surface area contributed by atoms with E-state index >= 15 is 0 Å². The number of hydrogen-bond acceptors (Lipinski definition) is 2. The fourth-order valence-corrected chi connectivity index (χ4v) is 3.52. The van der Waals surface area contributed by atoms with Crippen LogP contribution < -0.4 is 5.32 Å². The van der Waals surface area contributed by atoms with E-state index in [0.717, 1.165) is 24.0 Å². The molecular formula is C18H29ClN2. The van der Waals surface area contributed by atoms with Crippen molar-refractivity contribution in [3.63, 3.8) is 0 Å². The molecule has 1 aliphatic rings. The molecule has 1 N–H and O–H groups in total. The molecule has 0 spiro atoms. The van der Waals surface area contributed by atoms with E-state index in [4.69, 9.17) is 11.6 Å². The quantitative estimate of drug-likeness (QED) is 0.823. The van der Waals surface area contributed by atoms with Gasteiger partial charge in [0.25, 0.3) is 0 Å². The Balaban J connectivity index is 1.96. The molecule has 3 heteroatoms. The minimum Gasteiger partial charge on any atom is -0.310 e. The molecule has 118 valence electrons. The third-order valence-corrected chi connectivity index (χ3v) is 4.83. The van der Waals surface area contributed by atoms with Gasteiger partial charge in [0.2, 0.25) is 0 Å². The Labute approximate surface area is 134 Å². The summed E-state index contributed by atoms with van der Waals surface area (Å²) in [6.07, 6.45) is 6.64. The van der Waals surface area contributed by atoms with Crippen molar-refractivity contribution in [3.05, 3.63) is 34.9 Å². The van der Waals surface area contributed by atoms with E-state index in [0.29, 0.717) is 6.04 Å². The van der Waals surface area contributed by atoms with Gasteiger partial charge in [-0.1, -0.05) is 43.5 Å². The normalized spacial score (nSPS) is 22.0. The van der Waals surface area contributed by atoms with E-state index < -0.39 is 0 Å². The maximum absolute atomic E-state index is 6.14. The van der Waals surface area contributed by atoms with E-state index in [9.17, 15) is 0 Å². The van der Waals surface area contributed by atoms with E-state index in [1.54, 1.807) is 0 Å². The van der Waals surface area contributed by atoms with Gasteiger partial charge in [0.05, 0.1) is 0 Å². The molecule has 1 fully saturated rings. The lowest BCUT2D eigenvalue weighted by atomic mass is 10.0. The van der Waals surface area contributed by atoms with Crippen molar-refractivity contribution in [3.8, 4) is 0 Å². The van der Waals surface area contributed by atoms with Crippen LogP contribution in [0, 0.1) is 0 Å². The Morgan fingerprint density at radius 2 is 2.19 bits per heavy atom. The number of likely N-dealkylation sites (tertiary alicyclic amines) is 1. The molecule has 2 rings (SSSR count). The van der Waals surface area contributed by atoms with Crippen molar-refractivity contribution < 1.29 is 0 Å². The van der Waals surface area contributed by atoms with Gasteiger partial charge in [-0.2, -0.15) is 0 Å². The lowest BCUT2D eigenvalue weighted by Gasteiger charge is -2.29. The number of benzene rings is 1. The molecule has 1 saturated heterocycles. The van der Waals surface area contributed by atoms with Crippen LogP contribution in [0.15, 0.2) is 24.3 Å². The van der Waals surface area contributed by atoms with Gasteiger partial charge in [0.15, 0.2) is 0 Å². The molecule has 1 aromatic carbocycles. The molecule has 1 aromatic rings. The lowest BCUT2D eigenvalue weighted by molar-refractivity contribution is 0.202. The summed E-state index contributed by atoms with van der Waals surface area (Å²) in [4.78, 5) is 2.67. The highest BCUT2D eigenvalue weighted by Crippen LogP contribution is 2.23. The molecule has 0 bridgehead atoms. The molecule has 1 aliphatic heterocycles. The Kier molecular flexibility index (Phi) is 7.01. The molecule has 0 aliphatic carbocycles. The maximum Gasteiger partial charge on any atom is 0.0409 e. The predicted octanol–water partition coefficient (Wildman–Crippen LogP) is 4.65. The third kappa shape index (κ3) is 5.28. The summed E-state index contributed by atoms with van der Waals surface area (Å²) in [7, 11) is 0. The van der Waals surface area contributed by atoms with E-state index in [-0.39, 0.29) is 0 Å². The van der Waals surface area contributed by atoms with Crippen LogP contribution in [0.3, 0.4) is 0 Å². The third-order valence-electron chi connectivity index (χ3n) is 4.60. The summed E-state index contributed by atoms with van der Waals surface area (Å²) >= 11 is 6.14. The minimum absolute atomic E-state index is 0.407. The fourth-order valence-electron chi connectivity index (χ4n) is 3.32. The average Bonchev–Trinajstić information content (AvgIpc) is 2.68. The first-order chi connectivity index (χ1) is 10.2. The van der Waals surface area contributed by atoms with Crippen LogP contribution in [0.4, 0.5) is 0 Å². The summed E-state index contributed by atoms with van der Waals surface area (Å²) in [5.74, 6) is 0. The van der Waals surface area contributed by atoms with Gasteiger partial charge >= 0.3 is 0 Å². The van der Waals surface area contributed by atoms with Crippen LogP contribution in [0.25, 0.3) is 0 Å². The second-order valence-electron chi connectivity index (χ2n) is 6.19. The van der Waals surface area contributed by atoms with Gasteiger partial charge in [-0.15, -0.1) is 0 Å². The van der Waals surface area contributed by atoms with Gasteiger partial charge in [0.1, 0.15) is 0 Å². The first-order valence-electron chi connectivity index (χ1n) is 8.43. The summed E-state index contributed by atoms with van der Waals surface area (Å²) < 4.78 is 0. The molecule has 2 atom stereocenters. The van der Waals surface area contributed by atoms with E-state index in [1.165, 1.54) is 44.3 Å². The Morgan fingerprint density at radius 3 is 2.95 bits per heavy atom. The Morgan fingerprint density at radius 1 is 1.33 bits per heavy atom. The topological polar surface area (TPSA) is 15.3 Å². The lowest BCUT2D eigenvalue weighted by Crippen LogP contribution is -2.35. The molecule has 0 aromatic heterocycles. The summed E-state index contributed by atoms with van der Waals surface area (Å²) in [5.41, 5.74) is 1.31. The van der Waals surface area contributed by atoms with Gasteiger partial charge in [-0.05, 0) is 57.0 Å². The molecule has 1 heterocycles. The molecule has 2 nitrogen and oxygen atoms in total. The standard InChI is InChI=1S/C18H29ClN2/c1-3-20-18(16-9-7-10-17(19)14-16)11-13-21-12-6-4-5-8-15(21)2/h7,9-10,14-15,18,20H,3-6,8,11-13H2,1-2H3. The molecule has 0 amide bonds. The maximum atomic E-state index is 6.14. The van der Waals surface area contributed by atoms with Crippen molar-refractivity contribution >= 4 is 11.6 Å². The number of nitrogens with zero attached hydrogens (tertiary/aromatic N) is 1. The van der Waals surface area contributed by atoms with Crippen LogP contribution in [0.1, 0.15) is 57.6 Å². The second kappa shape index (κ2) is 8.77. The minimum atomic E-state index is 0.407. The first kappa shape index (κ1) is 16.8. The highest BCUT2D eigenvalue weighted by atomic mass is 35.5. The monoisotopic (exact) mass is 308 g/mol. The largest absolute Gasteiger partial charge is 0.310 e. The molecular weight excluding hydrogens is 280 g/mol. The van der Waals surface area contributed by atoms with Crippen molar-refractivity contribution in [1.29, 1.82) is 0 Å². The van der Waals surface area contributed by atoms with Crippen molar-refractivity contribution in [1.82, 2.24) is 10.2 Å². The van der Waals surface area contributed by atoms with E-state index in [2.05, 4.69) is 42.3 Å². The highest BCUT2D eigenvalue weighted by molar-refractivity contribution is 6.30. The zero-order chi connectivity index (χ0) is 15.1. The van der Waals surface area contributed by atoms with Crippen molar-refractivity contribution in [2.24, 2.45) is 0 Å². The molecule has 0 saturated carbocycles. The molecule has 21 heavy (non-hydrogen) atoms. The zero-order valence-corrected chi connectivity index (χ0v) is 14.2. The summed E-state index contributed by atoms with van der Waals surface area (Å²) in [6.45, 7) is 7.98. The number of hydrogen-bond donors (Lipinski definition) is 1. The Bertz CT molecular complexity index is 421. The van der Waals surface area contributed by atoms with Crippen molar-refractivity contribution in [2.75, 3.05) is 19.6 Å². The average molecular weight is 309 g/mol. The van der Waals surface area contributed by atoms with Gasteiger partial charge < -0.3 is 10.2 Å². The van der Waals surface area contributed by atoms with Crippen LogP contribution in [-0.4, -0.2) is 30.6 Å². The van der Waals surface area contributed by atoms with E-state index in [1.807, 2.05) is 6.07 Å². The summed E-state index contributed by atoms with van der Waals surface area (Å²) in [5, 5.41) is 4.44. The van der Waals surface area contributed by atoms with Crippen LogP contribution in [-0.2, 0) is 0 Å². The van der Waals surface area contributed by atoms with Crippen LogP contribution >= 0.6 is 11.6 Å². The zero-order valence-electron chi connectivity index (χ0n) is 13.4. The van der Waals surface area contributed by atoms with Crippen LogP contribution in [0.5, 0.6) is 0 Å². The summed E-state index contributed by atoms with van der Waals surface area (Å²) in [6, 6.07) is 9.42.